The summed E-state index contributed by atoms with van der Waals surface area (Å²) in [5.74, 6) is 0.632. The standard InChI is InChI=1S/C10H19NO/c1-4-10(9(2)3)11-5-7-12-8-6-11/h4,9H,5-8H2,1-3H3. The molecule has 1 saturated heterocycles. The van der Waals surface area contributed by atoms with Crippen LogP contribution < -0.4 is 0 Å². The average Bonchev–Trinajstić information content (AvgIpc) is 2.07. The lowest BCUT2D eigenvalue weighted by molar-refractivity contribution is 0.0495. The number of morpholine rings is 1. The highest BCUT2D eigenvalue weighted by atomic mass is 16.5. The topological polar surface area (TPSA) is 12.5 Å². The molecule has 2 heteroatoms. The Morgan fingerprint density at radius 2 is 1.92 bits per heavy atom. The zero-order valence-corrected chi connectivity index (χ0v) is 8.34. The Balaban J connectivity index is 2.53. The molecule has 12 heavy (non-hydrogen) atoms. The van der Waals surface area contributed by atoms with Gasteiger partial charge in [0.05, 0.1) is 13.2 Å². The third-order valence-corrected chi connectivity index (χ3v) is 2.26. The summed E-state index contributed by atoms with van der Waals surface area (Å²) in [7, 11) is 0. The number of ether oxygens (including phenoxy) is 1. The first kappa shape index (κ1) is 9.59. The first-order valence-electron chi connectivity index (χ1n) is 4.74. The largest absolute Gasteiger partial charge is 0.378 e. The Kier molecular flexibility index (Phi) is 3.60. The molecule has 0 spiro atoms. The summed E-state index contributed by atoms with van der Waals surface area (Å²) in [6.07, 6.45) is 2.22. The number of hydrogen-bond donors (Lipinski definition) is 0. The van der Waals surface area contributed by atoms with Crippen LogP contribution in [0.15, 0.2) is 11.8 Å². The van der Waals surface area contributed by atoms with Crippen molar-refractivity contribution in [2.75, 3.05) is 26.3 Å². The molecule has 2 nitrogen and oxygen atoms in total. The molecule has 1 aliphatic rings. The van der Waals surface area contributed by atoms with Gasteiger partial charge in [0.25, 0.3) is 0 Å². The lowest BCUT2D eigenvalue weighted by Gasteiger charge is -2.32. The van der Waals surface area contributed by atoms with Gasteiger partial charge in [-0.25, -0.2) is 0 Å². The summed E-state index contributed by atoms with van der Waals surface area (Å²) in [5, 5.41) is 0. The van der Waals surface area contributed by atoms with Gasteiger partial charge in [0.1, 0.15) is 0 Å². The Morgan fingerprint density at radius 1 is 1.33 bits per heavy atom. The minimum atomic E-state index is 0.632. The van der Waals surface area contributed by atoms with Crippen molar-refractivity contribution in [3.05, 3.63) is 11.8 Å². The van der Waals surface area contributed by atoms with Gasteiger partial charge in [0, 0.05) is 18.8 Å². The van der Waals surface area contributed by atoms with Crippen LogP contribution in [-0.4, -0.2) is 31.2 Å². The maximum atomic E-state index is 5.31. The van der Waals surface area contributed by atoms with E-state index < -0.39 is 0 Å². The van der Waals surface area contributed by atoms with Gasteiger partial charge in [0.2, 0.25) is 0 Å². The van der Waals surface area contributed by atoms with Crippen LogP contribution in [0.5, 0.6) is 0 Å². The molecule has 0 aromatic carbocycles. The highest BCUT2D eigenvalue weighted by molar-refractivity contribution is 5.03. The lowest BCUT2D eigenvalue weighted by Crippen LogP contribution is -2.36. The van der Waals surface area contributed by atoms with Crippen molar-refractivity contribution >= 4 is 0 Å². The molecule has 0 aliphatic carbocycles. The highest BCUT2D eigenvalue weighted by Crippen LogP contribution is 2.16. The van der Waals surface area contributed by atoms with Crippen molar-refractivity contribution < 1.29 is 4.74 Å². The monoisotopic (exact) mass is 169 g/mol. The first-order valence-corrected chi connectivity index (χ1v) is 4.74. The van der Waals surface area contributed by atoms with Crippen LogP contribution in [0.2, 0.25) is 0 Å². The van der Waals surface area contributed by atoms with Crippen LogP contribution in [0.4, 0.5) is 0 Å². The summed E-state index contributed by atoms with van der Waals surface area (Å²) in [5.41, 5.74) is 1.46. The number of hydrogen-bond acceptors (Lipinski definition) is 2. The van der Waals surface area contributed by atoms with E-state index in [1.165, 1.54) is 5.70 Å². The van der Waals surface area contributed by atoms with E-state index in [9.17, 15) is 0 Å². The predicted molar refractivity (Wildman–Crippen MR) is 51.0 cm³/mol. The Bertz CT molecular complexity index is 157. The van der Waals surface area contributed by atoms with Gasteiger partial charge in [-0.1, -0.05) is 19.9 Å². The van der Waals surface area contributed by atoms with E-state index in [4.69, 9.17) is 4.74 Å². The average molecular weight is 169 g/mol. The van der Waals surface area contributed by atoms with E-state index in [1.807, 2.05) is 0 Å². The van der Waals surface area contributed by atoms with Crippen molar-refractivity contribution in [2.24, 2.45) is 5.92 Å². The van der Waals surface area contributed by atoms with Crippen molar-refractivity contribution in [2.45, 2.75) is 20.8 Å². The quantitative estimate of drug-likeness (QED) is 0.626. The molecule has 1 rings (SSSR count). The lowest BCUT2D eigenvalue weighted by atomic mass is 10.1. The predicted octanol–water partition coefficient (Wildman–Crippen LogP) is 1.88. The molecule has 1 heterocycles. The second kappa shape index (κ2) is 4.51. The zero-order chi connectivity index (χ0) is 8.97. The molecule has 0 bridgehead atoms. The Morgan fingerprint density at radius 3 is 2.33 bits per heavy atom. The SMILES string of the molecule is CC=C(C(C)C)N1CCOCC1. The van der Waals surface area contributed by atoms with Gasteiger partial charge in [-0.05, 0) is 12.8 Å². The molecule has 1 aliphatic heterocycles. The summed E-state index contributed by atoms with van der Waals surface area (Å²) in [4.78, 5) is 2.42. The molecule has 0 aromatic rings. The van der Waals surface area contributed by atoms with E-state index in [1.54, 1.807) is 0 Å². The van der Waals surface area contributed by atoms with Crippen LogP contribution in [0, 0.1) is 5.92 Å². The normalized spacial score (nSPS) is 20.3. The highest BCUT2D eigenvalue weighted by Gasteiger charge is 2.14. The number of allylic oxidation sites excluding steroid dienone is 2. The molecular weight excluding hydrogens is 150 g/mol. The van der Waals surface area contributed by atoms with E-state index in [0.29, 0.717) is 5.92 Å². The third kappa shape index (κ3) is 2.24. The third-order valence-electron chi connectivity index (χ3n) is 2.26. The van der Waals surface area contributed by atoms with Crippen molar-refractivity contribution in [1.29, 1.82) is 0 Å². The van der Waals surface area contributed by atoms with Crippen LogP contribution in [0.25, 0.3) is 0 Å². The maximum Gasteiger partial charge on any atom is 0.0642 e. The first-order chi connectivity index (χ1) is 5.75. The van der Waals surface area contributed by atoms with Crippen LogP contribution in [-0.2, 0) is 4.74 Å². The second-order valence-corrected chi connectivity index (χ2v) is 3.47. The van der Waals surface area contributed by atoms with Gasteiger partial charge in [0.15, 0.2) is 0 Å². The summed E-state index contributed by atoms with van der Waals surface area (Å²) < 4.78 is 5.31. The van der Waals surface area contributed by atoms with E-state index in [2.05, 4.69) is 31.7 Å². The van der Waals surface area contributed by atoms with E-state index >= 15 is 0 Å². The molecule has 0 unspecified atom stereocenters. The van der Waals surface area contributed by atoms with Crippen LogP contribution in [0.3, 0.4) is 0 Å². The van der Waals surface area contributed by atoms with Gasteiger partial charge in [-0.15, -0.1) is 0 Å². The van der Waals surface area contributed by atoms with Crippen LogP contribution in [0.1, 0.15) is 20.8 Å². The fraction of sp³-hybridized carbons (Fsp3) is 0.800. The smallest absolute Gasteiger partial charge is 0.0642 e. The minimum Gasteiger partial charge on any atom is -0.378 e. The van der Waals surface area contributed by atoms with Gasteiger partial charge in [-0.3, -0.25) is 0 Å². The molecule has 0 radical (unpaired) electrons. The molecule has 0 N–H and O–H groups in total. The van der Waals surface area contributed by atoms with Gasteiger partial charge < -0.3 is 9.64 Å². The van der Waals surface area contributed by atoms with Crippen molar-refractivity contribution in [3.8, 4) is 0 Å². The second-order valence-electron chi connectivity index (χ2n) is 3.47. The molecule has 0 saturated carbocycles. The van der Waals surface area contributed by atoms with E-state index in [-0.39, 0.29) is 0 Å². The van der Waals surface area contributed by atoms with Crippen LogP contribution >= 0.6 is 0 Å². The molecular formula is C10H19NO. The van der Waals surface area contributed by atoms with Crippen molar-refractivity contribution in [1.82, 2.24) is 4.90 Å². The summed E-state index contributed by atoms with van der Waals surface area (Å²) >= 11 is 0. The molecule has 1 fully saturated rings. The fourth-order valence-electron chi connectivity index (χ4n) is 1.70. The minimum absolute atomic E-state index is 0.632. The zero-order valence-electron chi connectivity index (χ0n) is 8.34. The van der Waals surface area contributed by atoms with E-state index in [0.717, 1.165) is 26.3 Å². The molecule has 0 atom stereocenters. The number of nitrogens with zero attached hydrogens (tertiary/aromatic N) is 1. The van der Waals surface area contributed by atoms with Crippen molar-refractivity contribution in [3.63, 3.8) is 0 Å². The van der Waals surface area contributed by atoms with Gasteiger partial charge in [-0.2, -0.15) is 0 Å². The Labute approximate surface area is 75.2 Å². The maximum absolute atomic E-state index is 5.31. The fourth-order valence-corrected chi connectivity index (χ4v) is 1.70. The molecule has 0 amide bonds. The summed E-state index contributed by atoms with van der Waals surface area (Å²) in [6.45, 7) is 10.5. The molecule has 0 aromatic heterocycles. The Hall–Kier alpha value is -0.500. The summed E-state index contributed by atoms with van der Waals surface area (Å²) in [6, 6.07) is 0. The molecule has 70 valence electrons. The van der Waals surface area contributed by atoms with Gasteiger partial charge >= 0.3 is 0 Å². The number of rotatable bonds is 2.